The van der Waals surface area contributed by atoms with Gasteiger partial charge in [-0.3, -0.25) is 4.90 Å². The van der Waals surface area contributed by atoms with Gasteiger partial charge in [-0.05, 0) is 87.6 Å². The van der Waals surface area contributed by atoms with E-state index in [1.54, 1.807) is 0 Å². The van der Waals surface area contributed by atoms with Crippen molar-refractivity contribution >= 4 is 17.6 Å². The summed E-state index contributed by atoms with van der Waals surface area (Å²) in [5, 5.41) is 15.9. The zero-order valence-electron chi connectivity index (χ0n) is 25.9. The van der Waals surface area contributed by atoms with Gasteiger partial charge in [-0.25, -0.2) is 19.7 Å². The van der Waals surface area contributed by atoms with Gasteiger partial charge in [0.1, 0.15) is 42.1 Å². The van der Waals surface area contributed by atoms with E-state index >= 15 is 0 Å². The number of unbranched alkanes of at least 4 members (excludes halogenated alkanes) is 1. The number of pyridine rings is 1. The maximum atomic E-state index is 13.1. The number of alkyl halides is 3. The number of halogens is 3. The quantitative estimate of drug-likeness (QED) is 0.197. The third-order valence-corrected chi connectivity index (χ3v) is 7.96. The highest BCUT2D eigenvalue weighted by molar-refractivity contribution is 5.76. The first-order valence-corrected chi connectivity index (χ1v) is 15.6. The number of fused-ring (bicyclic) bond motifs is 1. The molecule has 2 aliphatic rings. The lowest BCUT2D eigenvalue weighted by molar-refractivity contribution is -0.141. The molecule has 0 amide bonds. The van der Waals surface area contributed by atoms with Crippen molar-refractivity contribution in [2.75, 3.05) is 43.4 Å². The molecule has 244 valence electrons. The fourth-order valence-corrected chi connectivity index (χ4v) is 5.28. The minimum absolute atomic E-state index is 0.154. The molecule has 1 aliphatic carbocycles. The van der Waals surface area contributed by atoms with E-state index in [0.717, 1.165) is 80.3 Å². The summed E-state index contributed by atoms with van der Waals surface area (Å²) in [6.45, 7) is 7.20. The fourth-order valence-electron chi connectivity index (χ4n) is 5.28. The van der Waals surface area contributed by atoms with E-state index in [-0.39, 0.29) is 12.2 Å². The highest BCUT2D eigenvalue weighted by atomic mass is 19.4. The van der Waals surface area contributed by atoms with Crippen molar-refractivity contribution in [1.29, 1.82) is 0 Å². The number of hydrogen-bond donors (Lipinski definition) is 3. The topological polar surface area (TPSA) is 113 Å². The second kappa shape index (κ2) is 16.4. The maximum Gasteiger partial charge on any atom is 0.433 e. The summed E-state index contributed by atoms with van der Waals surface area (Å²) in [5.74, 6) is 0.881. The van der Waals surface area contributed by atoms with Gasteiger partial charge in [0, 0.05) is 31.4 Å². The van der Waals surface area contributed by atoms with Crippen LogP contribution in [0.2, 0.25) is 0 Å². The Morgan fingerprint density at radius 3 is 2.87 bits per heavy atom. The monoisotopic (exact) mass is 628 g/mol. The number of rotatable bonds is 15. The molecule has 2 aromatic rings. The molecule has 1 aliphatic heterocycles. The fraction of sp³-hybridized carbons (Fsp3) is 0.515. The number of carboxylic acids is 1. The Hall–Kier alpha value is -3.93. The molecule has 0 bridgehead atoms. The Morgan fingerprint density at radius 2 is 2.07 bits per heavy atom. The van der Waals surface area contributed by atoms with Crippen LogP contribution in [0.5, 0.6) is 0 Å². The number of allylic oxidation sites excluding steroid dienone is 5. The second-order valence-electron chi connectivity index (χ2n) is 11.6. The lowest BCUT2D eigenvalue weighted by Crippen LogP contribution is -2.37. The number of aromatic nitrogens is 3. The van der Waals surface area contributed by atoms with Crippen LogP contribution >= 0.6 is 0 Å². The molecule has 4 rings (SSSR count). The zero-order chi connectivity index (χ0) is 32.2. The zero-order valence-corrected chi connectivity index (χ0v) is 25.9. The molecule has 1 unspecified atom stereocenters. The number of aliphatic carboxylic acids is 1. The molecule has 3 N–H and O–H groups in total. The molecular weight excluding hydrogens is 585 g/mol. The van der Waals surface area contributed by atoms with E-state index < -0.39 is 23.9 Å². The molecule has 0 saturated carbocycles. The number of nitrogens with zero attached hydrogens (tertiary/aromatic N) is 4. The van der Waals surface area contributed by atoms with Crippen LogP contribution in [0.25, 0.3) is 0 Å². The minimum Gasteiger partial charge on any atom is -0.492 e. The van der Waals surface area contributed by atoms with Crippen molar-refractivity contribution in [2.45, 2.75) is 71.0 Å². The summed E-state index contributed by atoms with van der Waals surface area (Å²) >= 11 is 0. The Morgan fingerprint density at radius 1 is 1.22 bits per heavy atom. The van der Waals surface area contributed by atoms with Crippen LogP contribution in [0.3, 0.4) is 0 Å². The third-order valence-electron chi connectivity index (χ3n) is 7.96. The smallest absolute Gasteiger partial charge is 0.433 e. The molecule has 9 nitrogen and oxygen atoms in total. The average Bonchev–Trinajstić information content (AvgIpc) is 3.01. The van der Waals surface area contributed by atoms with Crippen LogP contribution in [0.4, 0.5) is 24.8 Å². The number of carboxylic acid groups (broad SMARTS) is 1. The lowest BCUT2D eigenvalue weighted by Gasteiger charge is -2.25. The number of carbonyl (C=O) groups is 1. The van der Waals surface area contributed by atoms with Crippen molar-refractivity contribution < 1.29 is 27.8 Å². The first-order chi connectivity index (χ1) is 21.6. The Bertz CT molecular complexity index is 1380. The first-order valence-electron chi connectivity index (χ1n) is 15.6. The molecular formula is C33H43F3N6O3. The number of aryl methyl sites for hydroxylation is 2. The van der Waals surface area contributed by atoms with Gasteiger partial charge in [0.2, 0.25) is 0 Å². The average molecular weight is 629 g/mol. The van der Waals surface area contributed by atoms with E-state index in [1.807, 2.05) is 19.1 Å². The predicted molar refractivity (Wildman–Crippen MR) is 168 cm³/mol. The largest absolute Gasteiger partial charge is 0.492 e. The van der Waals surface area contributed by atoms with Gasteiger partial charge in [0.15, 0.2) is 0 Å². The van der Waals surface area contributed by atoms with Crippen molar-refractivity contribution in [2.24, 2.45) is 5.92 Å². The summed E-state index contributed by atoms with van der Waals surface area (Å²) in [6.07, 6.45) is 10.2. The second-order valence-corrected chi connectivity index (χ2v) is 11.6. The van der Waals surface area contributed by atoms with Gasteiger partial charge in [-0.1, -0.05) is 31.2 Å². The minimum atomic E-state index is -4.66. The number of hydrogen-bond acceptors (Lipinski definition) is 8. The highest BCUT2D eigenvalue weighted by Crippen LogP contribution is 2.28. The molecule has 0 spiro atoms. The Balaban J connectivity index is 1.36. The third kappa shape index (κ3) is 10.9. The van der Waals surface area contributed by atoms with Crippen LogP contribution in [-0.4, -0.2) is 69.8 Å². The first kappa shape index (κ1) is 34.0. The lowest BCUT2D eigenvalue weighted by atomic mass is 10.0. The number of nitrogens with one attached hydrogen (secondary N) is 2. The molecule has 0 aromatic carbocycles. The summed E-state index contributed by atoms with van der Waals surface area (Å²) in [4.78, 5) is 26.0. The maximum absolute atomic E-state index is 13.1. The van der Waals surface area contributed by atoms with Gasteiger partial charge in [-0.2, -0.15) is 13.2 Å². The van der Waals surface area contributed by atoms with E-state index in [0.29, 0.717) is 32.2 Å². The normalized spacial score (nSPS) is 18.0. The van der Waals surface area contributed by atoms with Crippen molar-refractivity contribution in [1.82, 2.24) is 19.9 Å². The van der Waals surface area contributed by atoms with Gasteiger partial charge in [0.25, 0.3) is 0 Å². The number of ether oxygens (including phenoxy) is 1. The van der Waals surface area contributed by atoms with E-state index in [9.17, 15) is 23.1 Å². The van der Waals surface area contributed by atoms with Gasteiger partial charge < -0.3 is 20.5 Å². The molecule has 0 radical (unpaired) electrons. The van der Waals surface area contributed by atoms with Crippen LogP contribution in [0.15, 0.2) is 60.2 Å². The summed E-state index contributed by atoms with van der Waals surface area (Å²) in [6, 6.07) is 3.82. The predicted octanol–water partition coefficient (Wildman–Crippen LogP) is 6.27. The number of anilines is 2. The standard InChI is InChI=1S/C33H43F3N6O3/c1-23-7-5-10-28(24(2)12-11-23)45-20-19-42(17-4-3-9-26-14-13-25-8-6-16-37-31(25)40-26)18-15-27(32(43)44)41-30-21-29(33(34,35)36)38-22-39-30/h5,7,10,12-14,21-23,27H,3-4,6,8-9,11,15-20H2,1-2H3,(H,37,40)(H,43,44)(H,38,39,41)/b7-5+,24-12?,28-10?/t23?,27-/m0/s1. The Kier molecular flexibility index (Phi) is 12.4. The summed E-state index contributed by atoms with van der Waals surface area (Å²) in [5.41, 5.74) is 2.23. The van der Waals surface area contributed by atoms with Crippen molar-refractivity contribution in [3.05, 3.63) is 77.1 Å². The van der Waals surface area contributed by atoms with Crippen LogP contribution in [0, 0.1) is 5.92 Å². The Labute approximate surface area is 262 Å². The van der Waals surface area contributed by atoms with Gasteiger partial charge >= 0.3 is 12.1 Å². The summed E-state index contributed by atoms with van der Waals surface area (Å²) in [7, 11) is 0. The molecule has 0 fully saturated rings. The van der Waals surface area contributed by atoms with Crippen LogP contribution in [-0.2, 0) is 28.5 Å². The molecule has 0 saturated heterocycles. The van der Waals surface area contributed by atoms with Crippen molar-refractivity contribution in [3.63, 3.8) is 0 Å². The van der Waals surface area contributed by atoms with Crippen molar-refractivity contribution in [3.8, 4) is 0 Å². The van der Waals surface area contributed by atoms with Gasteiger partial charge in [-0.15, -0.1) is 0 Å². The molecule has 3 heterocycles. The highest BCUT2D eigenvalue weighted by Gasteiger charge is 2.33. The molecule has 2 aromatic heterocycles. The van der Waals surface area contributed by atoms with Crippen LogP contribution < -0.4 is 10.6 Å². The molecule has 45 heavy (non-hydrogen) atoms. The van der Waals surface area contributed by atoms with Crippen LogP contribution in [0.1, 0.15) is 62.9 Å². The van der Waals surface area contributed by atoms with E-state index in [2.05, 4.69) is 56.7 Å². The van der Waals surface area contributed by atoms with Gasteiger partial charge in [0.05, 0.1) is 0 Å². The SMILES string of the molecule is CC1=CCC(C)/C=C/C=C1OCCN(CCCCc1ccc2c(n1)NCCC2)CC[C@H](Nc1cc(C(F)(F)F)ncn1)C(=O)O. The molecule has 12 heteroatoms. The van der Waals surface area contributed by atoms with E-state index in [4.69, 9.17) is 9.72 Å². The summed E-state index contributed by atoms with van der Waals surface area (Å²) < 4.78 is 45.5. The van der Waals surface area contributed by atoms with E-state index in [1.165, 1.54) is 5.56 Å². The molecule has 2 atom stereocenters.